The smallest absolute Gasteiger partial charge is 0.259 e. The molecular weight excluding hydrogens is 312 g/mol. The van der Waals surface area contributed by atoms with E-state index in [4.69, 9.17) is 4.98 Å². The molecule has 2 aromatic rings. The highest BCUT2D eigenvalue weighted by atomic mass is 16.1. The van der Waals surface area contributed by atoms with Crippen molar-refractivity contribution in [3.05, 3.63) is 51.4 Å². The van der Waals surface area contributed by atoms with Crippen LogP contribution in [0.25, 0.3) is 0 Å². The van der Waals surface area contributed by atoms with Gasteiger partial charge in [-0.2, -0.15) is 0 Å². The summed E-state index contributed by atoms with van der Waals surface area (Å²) in [6.07, 6.45) is 3.30. The molecule has 1 aromatic carbocycles. The third-order valence-corrected chi connectivity index (χ3v) is 5.03. The summed E-state index contributed by atoms with van der Waals surface area (Å²) in [5, 5.41) is 0. The van der Waals surface area contributed by atoms with Gasteiger partial charge in [0.05, 0.1) is 13.3 Å². The third kappa shape index (κ3) is 3.47. The lowest BCUT2D eigenvalue weighted by Crippen LogP contribution is -2.48. The lowest BCUT2D eigenvalue weighted by molar-refractivity contribution is 0.195. The molecule has 0 amide bonds. The standard InChI is InChI=1S/C20H28N4O/c1-5-7-12-22-13-23(18-10-8-17(6-2)9-11-18)20-21-16(4)15(3)19(25)24(20)14-22/h8-11H,5-7,12-14H2,1-4H3. The normalized spacial score (nSPS) is 14.6. The van der Waals surface area contributed by atoms with Gasteiger partial charge in [-0.25, -0.2) is 4.98 Å². The van der Waals surface area contributed by atoms with Gasteiger partial charge in [0.1, 0.15) is 0 Å². The maximum Gasteiger partial charge on any atom is 0.259 e. The fourth-order valence-electron chi connectivity index (χ4n) is 3.22. The fraction of sp³-hybridized carbons (Fsp3) is 0.500. The molecular formula is C20H28N4O. The molecule has 0 unspecified atom stereocenters. The number of hydrogen-bond acceptors (Lipinski definition) is 4. The first-order valence-electron chi connectivity index (χ1n) is 9.22. The van der Waals surface area contributed by atoms with Crippen molar-refractivity contribution in [3.63, 3.8) is 0 Å². The van der Waals surface area contributed by atoms with E-state index in [0.717, 1.165) is 55.4 Å². The van der Waals surface area contributed by atoms with Crippen LogP contribution in [0, 0.1) is 13.8 Å². The van der Waals surface area contributed by atoms with Crippen LogP contribution in [0.5, 0.6) is 0 Å². The molecule has 1 aromatic heterocycles. The molecule has 0 fully saturated rings. The average molecular weight is 340 g/mol. The van der Waals surface area contributed by atoms with Crippen LogP contribution in [-0.4, -0.2) is 27.7 Å². The molecule has 0 atom stereocenters. The van der Waals surface area contributed by atoms with E-state index >= 15 is 0 Å². The quantitative estimate of drug-likeness (QED) is 0.834. The molecule has 0 saturated heterocycles. The van der Waals surface area contributed by atoms with E-state index in [9.17, 15) is 4.79 Å². The van der Waals surface area contributed by atoms with E-state index in [1.807, 2.05) is 18.4 Å². The highest BCUT2D eigenvalue weighted by Gasteiger charge is 2.26. The molecule has 0 saturated carbocycles. The van der Waals surface area contributed by atoms with E-state index in [2.05, 4.69) is 47.9 Å². The summed E-state index contributed by atoms with van der Waals surface area (Å²) in [7, 11) is 0. The number of unbranched alkanes of at least 4 members (excludes halogenated alkanes) is 1. The molecule has 0 aliphatic carbocycles. The van der Waals surface area contributed by atoms with Crippen molar-refractivity contribution in [1.82, 2.24) is 14.5 Å². The number of aryl methyl sites for hydroxylation is 2. The van der Waals surface area contributed by atoms with Crippen LogP contribution < -0.4 is 10.5 Å². The summed E-state index contributed by atoms with van der Waals surface area (Å²) in [6.45, 7) is 10.5. The van der Waals surface area contributed by atoms with Gasteiger partial charge in [-0.3, -0.25) is 19.2 Å². The van der Waals surface area contributed by atoms with Crippen molar-refractivity contribution in [3.8, 4) is 0 Å². The van der Waals surface area contributed by atoms with Gasteiger partial charge < -0.3 is 0 Å². The topological polar surface area (TPSA) is 41.4 Å². The van der Waals surface area contributed by atoms with Gasteiger partial charge in [0.2, 0.25) is 5.95 Å². The second-order valence-electron chi connectivity index (χ2n) is 6.83. The summed E-state index contributed by atoms with van der Waals surface area (Å²) < 4.78 is 1.81. The van der Waals surface area contributed by atoms with Gasteiger partial charge in [0.25, 0.3) is 5.56 Å². The molecule has 0 N–H and O–H groups in total. The lowest BCUT2D eigenvalue weighted by Gasteiger charge is -2.38. The molecule has 0 spiro atoms. The molecule has 2 heterocycles. The summed E-state index contributed by atoms with van der Waals surface area (Å²) in [4.78, 5) is 22.0. The predicted octanol–water partition coefficient (Wildman–Crippen LogP) is 3.59. The monoisotopic (exact) mass is 340 g/mol. The molecule has 1 aliphatic rings. The maximum atomic E-state index is 12.8. The van der Waals surface area contributed by atoms with Crippen LogP contribution in [0.4, 0.5) is 11.6 Å². The Balaban J connectivity index is 2.05. The minimum Gasteiger partial charge on any atom is -0.298 e. The Labute approximate surface area is 149 Å². The number of aromatic nitrogens is 2. The fourth-order valence-corrected chi connectivity index (χ4v) is 3.22. The summed E-state index contributed by atoms with van der Waals surface area (Å²) in [5.74, 6) is 0.755. The van der Waals surface area contributed by atoms with Gasteiger partial charge >= 0.3 is 0 Å². The van der Waals surface area contributed by atoms with Gasteiger partial charge in [-0.05, 0) is 44.4 Å². The van der Waals surface area contributed by atoms with Crippen LogP contribution in [0.15, 0.2) is 29.1 Å². The molecule has 25 heavy (non-hydrogen) atoms. The Morgan fingerprint density at radius 3 is 2.44 bits per heavy atom. The average Bonchev–Trinajstić information content (AvgIpc) is 2.64. The van der Waals surface area contributed by atoms with Crippen LogP contribution in [-0.2, 0) is 13.1 Å². The van der Waals surface area contributed by atoms with Gasteiger partial charge in [0, 0.05) is 23.5 Å². The molecule has 0 bridgehead atoms. The van der Waals surface area contributed by atoms with Crippen molar-refractivity contribution in [2.75, 3.05) is 18.1 Å². The lowest BCUT2D eigenvalue weighted by atomic mass is 10.1. The molecule has 1 aliphatic heterocycles. The first-order valence-corrected chi connectivity index (χ1v) is 9.22. The van der Waals surface area contributed by atoms with Crippen molar-refractivity contribution in [2.24, 2.45) is 0 Å². The zero-order chi connectivity index (χ0) is 18.0. The maximum absolute atomic E-state index is 12.8. The molecule has 0 radical (unpaired) electrons. The molecule has 3 rings (SSSR count). The number of fused-ring (bicyclic) bond motifs is 1. The highest BCUT2D eigenvalue weighted by molar-refractivity contribution is 5.58. The Morgan fingerprint density at radius 2 is 1.80 bits per heavy atom. The first-order chi connectivity index (χ1) is 12.0. The number of benzene rings is 1. The zero-order valence-electron chi connectivity index (χ0n) is 15.7. The summed E-state index contributed by atoms with van der Waals surface area (Å²) in [5.41, 5.74) is 4.02. The number of nitrogens with zero attached hydrogens (tertiary/aromatic N) is 4. The highest BCUT2D eigenvalue weighted by Crippen LogP contribution is 2.28. The van der Waals surface area contributed by atoms with Crippen molar-refractivity contribution < 1.29 is 0 Å². The Kier molecular flexibility index (Phi) is 5.23. The second-order valence-corrected chi connectivity index (χ2v) is 6.83. The van der Waals surface area contributed by atoms with Crippen LogP contribution in [0.2, 0.25) is 0 Å². The van der Waals surface area contributed by atoms with Gasteiger partial charge in [0.15, 0.2) is 0 Å². The number of rotatable bonds is 5. The largest absolute Gasteiger partial charge is 0.298 e. The minimum absolute atomic E-state index is 0.0684. The molecule has 5 heteroatoms. The van der Waals surface area contributed by atoms with E-state index in [1.165, 1.54) is 5.56 Å². The van der Waals surface area contributed by atoms with Gasteiger partial charge in [-0.15, -0.1) is 0 Å². The van der Waals surface area contributed by atoms with Crippen LogP contribution in [0.1, 0.15) is 43.5 Å². The number of anilines is 2. The predicted molar refractivity (Wildman–Crippen MR) is 102 cm³/mol. The zero-order valence-corrected chi connectivity index (χ0v) is 15.7. The first kappa shape index (κ1) is 17.7. The van der Waals surface area contributed by atoms with Gasteiger partial charge in [-0.1, -0.05) is 32.4 Å². The molecule has 134 valence electrons. The second kappa shape index (κ2) is 7.40. The van der Waals surface area contributed by atoms with Crippen molar-refractivity contribution in [2.45, 2.75) is 53.6 Å². The Bertz CT molecular complexity index is 795. The van der Waals surface area contributed by atoms with E-state index in [0.29, 0.717) is 6.67 Å². The Morgan fingerprint density at radius 1 is 1.08 bits per heavy atom. The Hall–Kier alpha value is -2.14. The third-order valence-electron chi connectivity index (χ3n) is 5.03. The van der Waals surface area contributed by atoms with Crippen LogP contribution >= 0.6 is 0 Å². The van der Waals surface area contributed by atoms with E-state index in [1.54, 1.807) is 0 Å². The molecule has 5 nitrogen and oxygen atoms in total. The summed E-state index contributed by atoms with van der Waals surface area (Å²) in [6, 6.07) is 8.58. The van der Waals surface area contributed by atoms with Crippen molar-refractivity contribution >= 4 is 11.6 Å². The summed E-state index contributed by atoms with van der Waals surface area (Å²) >= 11 is 0. The number of hydrogen-bond donors (Lipinski definition) is 0. The minimum atomic E-state index is 0.0684. The van der Waals surface area contributed by atoms with E-state index < -0.39 is 0 Å². The van der Waals surface area contributed by atoms with Crippen LogP contribution in [0.3, 0.4) is 0 Å². The SMILES string of the molecule is CCCCN1CN(c2ccc(CC)cc2)c2nc(C)c(C)c(=O)n2C1. The van der Waals surface area contributed by atoms with Crippen molar-refractivity contribution in [1.29, 1.82) is 0 Å². The van der Waals surface area contributed by atoms with E-state index in [-0.39, 0.29) is 5.56 Å².